The number of hydrogen-bond acceptors (Lipinski definition) is 2. The third-order valence-electron chi connectivity index (χ3n) is 2.08. The van der Waals surface area contributed by atoms with Gasteiger partial charge in [-0.1, -0.05) is 11.1 Å². The van der Waals surface area contributed by atoms with Gasteiger partial charge in [0.25, 0.3) is 0 Å². The van der Waals surface area contributed by atoms with Crippen molar-refractivity contribution in [3.05, 3.63) is 42.2 Å². The summed E-state index contributed by atoms with van der Waals surface area (Å²) in [6.45, 7) is 4.25. The monoisotopic (exact) mass is 430 g/mol. The van der Waals surface area contributed by atoms with Gasteiger partial charge in [-0.15, -0.1) is 0 Å². The maximum Gasteiger partial charge on any atom is 0.141 e. The van der Waals surface area contributed by atoms with Crippen LogP contribution in [0.3, 0.4) is 0 Å². The fourth-order valence-electron chi connectivity index (χ4n) is 1.53. The molecule has 0 spiro atoms. The molecular formula is C12H20NNpO-. The number of methoxy groups -OCH3 is 1. The maximum absolute atomic E-state index is 5.29. The number of hydrogen-bond donors (Lipinski definition) is 1. The van der Waals surface area contributed by atoms with Crippen LogP contribution >= 0.6 is 0 Å². The Morgan fingerprint density at radius 2 is 1.73 bits per heavy atom. The largest absolute Gasteiger partial charge is 0.495 e. The molecule has 1 radical (unpaired) electrons. The summed E-state index contributed by atoms with van der Waals surface area (Å²) >= 11 is 0. The van der Waals surface area contributed by atoms with Crippen LogP contribution in [0.1, 0.15) is 20.3 Å². The first-order valence-electron chi connectivity index (χ1n) is 4.47. The van der Waals surface area contributed by atoms with Crippen molar-refractivity contribution >= 4 is 0 Å². The maximum atomic E-state index is 5.29. The Bertz CT molecular complexity index is 262. The standard InChI is InChI=1S/C11H17NO.CH3.Np/c1-8-5-9(2)7-11(13-4)10(6-8)12-3;;/h6-7,12H,5H2,1-4H3;1H3;/q;-1;. The topological polar surface area (TPSA) is 21.3 Å². The van der Waals surface area contributed by atoms with E-state index in [2.05, 4.69) is 31.3 Å². The van der Waals surface area contributed by atoms with E-state index >= 15 is 0 Å². The summed E-state index contributed by atoms with van der Waals surface area (Å²) in [5.74, 6) is 0.914. The average Bonchev–Trinajstić information content (AvgIpc) is 2.23. The van der Waals surface area contributed by atoms with Gasteiger partial charge in [0, 0.05) is 37.0 Å². The van der Waals surface area contributed by atoms with Crippen molar-refractivity contribution in [3.8, 4) is 0 Å². The molecule has 85 valence electrons. The minimum Gasteiger partial charge on any atom is -0.495 e. The second kappa shape index (κ2) is 8.04. The molecule has 1 aliphatic carbocycles. The van der Waals surface area contributed by atoms with Crippen LogP contribution in [-0.2, 0) is 4.74 Å². The van der Waals surface area contributed by atoms with Gasteiger partial charge in [0.05, 0.1) is 12.8 Å². The molecule has 0 aromatic rings. The zero-order valence-electron chi connectivity index (χ0n) is 10.2. The Kier molecular flexibility index (Phi) is 9.24. The van der Waals surface area contributed by atoms with E-state index in [1.807, 2.05) is 7.05 Å². The van der Waals surface area contributed by atoms with Crippen LogP contribution < -0.4 is 5.32 Å². The quantitative estimate of drug-likeness (QED) is 0.680. The normalized spacial score (nSPS) is 15.2. The molecule has 0 aliphatic heterocycles. The third kappa shape index (κ3) is 4.92. The van der Waals surface area contributed by atoms with E-state index in [1.54, 1.807) is 7.11 Å². The van der Waals surface area contributed by atoms with Crippen LogP contribution in [0, 0.1) is 37.4 Å². The number of ether oxygens (including phenoxy) is 1. The Hall–Kier alpha value is -0.167. The molecule has 0 saturated heterocycles. The second-order valence-electron chi connectivity index (χ2n) is 3.39. The molecule has 0 unspecified atom stereocenters. The third-order valence-corrected chi connectivity index (χ3v) is 2.08. The van der Waals surface area contributed by atoms with Gasteiger partial charge in [0.2, 0.25) is 0 Å². The van der Waals surface area contributed by atoms with Crippen molar-refractivity contribution in [2.75, 3.05) is 14.2 Å². The van der Waals surface area contributed by atoms with Gasteiger partial charge in [0.15, 0.2) is 0 Å². The zero-order valence-corrected chi connectivity index (χ0v) is 13.9. The van der Waals surface area contributed by atoms with E-state index in [0.29, 0.717) is 0 Å². The zero-order chi connectivity index (χ0) is 9.84. The fourth-order valence-corrected chi connectivity index (χ4v) is 1.53. The molecular weight excluding hydrogens is 411 g/mol. The minimum atomic E-state index is 0. The molecule has 2 nitrogen and oxygen atoms in total. The Balaban J connectivity index is 0. The van der Waals surface area contributed by atoms with E-state index in [9.17, 15) is 0 Å². The summed E-state index contributed by atoms with van der Waals surface area (Å²) in [6.07, 6.45) is 5.24. The predicted molar refractivity (Wildman–Crippen MR) is 61.6 cm³/mol. The van der Waals surface area contributed by atoms with Crippen LogP contribution in [0.4, 0.5) is 0 Å². The molecule has 0 bridgehead atoms. The molecule has 1 N–H and O–H groups in total. The summed E-state index contributed by atoms with van der Waals surface area (Å²) in [7, 11) is 3.61. The van der Waals surface area contributed by atoms with Crippen LogP contribution in [0.2, 0.25) is 0 Å². The first-order valence-corrected chi connectivity index (χ1v) is 4.47. The van der Waals surface area contributed by atoms with Crippen LogP contribution in [-0.4, -0.2) is 14.2 Å². The van der Waals surface area contributed by atoms with Crippen LogP contribution in [0.15, 0.2) is 34.8 Å². The van der Waals surface area contributed by atoms with Crippen molar-refractivity contribution in [2.45, 2.75) is 20.3 Å². The van der Waals surface area contributed by atoms with E-state index in [1.165, 1.54) is 11.1 Å². The fraction of sp³-hybridized carbons (Fsp3) is 0.417. The average molecular weight is 431 g/mol. The second-order valence-corrected chi connectivity index (χ2v) is 3.39. The number of likely N-dealkylation sites (N-methyl/N-ethyl adjacent to an activating group) is 1. The molecule has 0 heterocycles. The van der Waals surface area contributed by atoms with Crippen molar-refractivity contribution < 1.29 is 34.7 Å². The first kappa shape index (κ1) is 17.2. The smallest absolute Gasteiger partial charge is 0.141 e. The van der Waals surface area contributed by atoms with Gasteiger partial charge in [0.1, 0.15) is 5.76 Å². The Labute approximate surface area is 116 Å². The molecule has 1 aliphatic rings. The summed E-state index contributed by atoms with van der Waals surface area (Å²) in [4.78, 5) is 0. The Morgan fingerprint density at radius 3 is 2.20 bits per heavy atom. The van der Waals surface area contributed by atoms with Gasteiger partial charge < -0.3 is 17.5 Å². The van der Waals surface area contributed by atoms with Gasteiger partial charge >= 0.3 is 0 Å². The minimum absolute atomic E-state index is 0. The molecule has 15 heavy (non-hydrogen) atoms. The summed E-state index contributed by atoms with van der Waals surface area (Å²) in [6, 6.07) is 0. The van der Waals surface area contributed by atoms with Crippen molar-refractivity contribution in [3.63, 3.8) is 0 Å². The summed E-state index contributed by atoms with van der Waals surface area (Å²) in [5, 5.41) is 3.13. The summed E-state index contributed by atoms with van der Waals surface area (Å²) in [5.41, 5.74) is 3.73. The predicted octanol–water partition coefficient (Wildman–Crippen LogP) is 2.81. The molecule has 0 amide bonds. The molecule has 0 saturated carbocycles. The van der Waals surface area contributed by atoms with E-state index in [4.69, 9.17) is 4.74 Å². The van der Waals surface area contributed by atoms with Crippen molar-refractivity contribution in [1.82, 2.24) is 5.32 Å². The molecule has 0 fully saturated rings. The van der Waals surface area contributed by atoms with Gasteiger partial charge in [-0.25, -0.2) is 0 Å². The Morgan fingerprint density at radius 1 is 1.20 bits per heavy atom. The van der Waals surface area contributed by atoms with E-state index < -0.39 is 0 Å². The summed E-state index contributed by atoms with van der Waals surface area (Å²) < 4.78 is 5.29. The number of rotatable bonds is 2. The van der Waals surface area contributed by atoms with Gasteiger partial charge in [-0.3, -0.25) is 0 Å². The SMILES string of the molecule is CNC1=C(OC)C=C(C)CC(C)=C1.[CH3-].[Np]. The van der Waals surface area contributed by atoms with Crippen molar-refractivity contribution in [1.29, 1.82) is 0 Å². The van der Waals surface area contributed by atoms with E-state index in [-0.39, 0.29) is 37.4 Å². The molecule has 3 heteroatoms. The number of nitrogens with one attached hydrogen (secondary N) is 1. The van der Waals surface area contributed by atoms with Crippen LogP contribution in [0.5, 0.6) is 0 Å². The molecule has 1 rings (SSSR count). The first-order chi connectivity index (χ1) is 6.17. The molecule has 0 atom stereocenters. The van der Waals surface area contributed by atoms with Gasteiger partial charge in [-0.2, -0.15) is 0 Å². The van der Waals surface area contributed by atoms with Crippen molar-refractivity contribution in [2.24, 2.45) is 0 Å². The van der Waals surface area contributed by atoms with Gasteiger partial charge in [-0.05, 0) is 32.4 Å². The molecule has 0 aromatic carbocycles. The van der Waals surface area contributed by atoms with Crippen LogP contribution in [0.25, 0.3) is 0 Å². The molecule has 0 aromatic heterocycles. The number of allylic oxidation sites excluding steroid dienone is 4. The van der Waals surface area contributed by atoms with E-state index in [0.717, 1.165) is 17.9 Å².